The van der Waals surface area contributed by atoms with Gasteiger partial charge in [-0.3, -0.25) is 4.79 Å². The number of nitrogens with one attached hydrogen (secondary N) is 1. The number of ether oxygens (including phenoxy) is 1. The minimum absolute atomic E-state index is 0.152. The van der Waals surface area contributed by atoms with Crippen LogP contribution in [0.3, 0.4) is 0 Å². The number of carbonyl (C=O) groups is 1. The van der Waals surface area contributed by atoms with Gasteiger partial charge >= 0.3 is 0 Å². The van der Waals surface area contributed by atoms with Gasteiger partial charge in [-0.1, -0.05) is 43.0 Å². The second-order valence-corrected chi connectivity index (χ2v) is 7.15. The number of nitrogens with zero attached hydrogens (tertiary/aromatic N) is 4. The van der Waals surface area contributed by atoms with Crippen LogP contribution >= 0.6 is 11.8 Å². The first-order valence-corrected chi connectivity index (χ1v) is 9.48. The van der Waals surface area contributed by atoms with Crippen molar-refractivity contribution in [3.05, 3.63) is 54.1 Å². The number of aryl methyl sites for hydroxylation is 1. The van der Waals surface area contributed by atoms with Crippen molar-refractivity contribution in [2.45, 2.75) is 30.7 Å². The number of tetrazole rings is 1. The lowest BCUT2D eigenvalue weighted by Gasteiger charge is -2.13. The molecule has 1 unspecified atom stereocenters. The molecule has 2 aromatic carbocycles. The molecular formula is C19H21N5O2S. The Hall–Kier alpha value is -2.87. The molecule has 140 valence electrons. The van der Waals surface area contributed by atoms with Gasteiger partial charge in [0.25, 0.3) is 0 Å². The molecule has 3 rings (SSSR count). The van der Waals surface area contributed by atoms with Crippen molar-refractivity contribution in [3.8, 4) is 11.4 Å². The monoisotopic (exact) mass is 383 g/mol. The van der Waals surface area contributed by atoms with Crippen molar-refractivity contribution in [3.63, 3.8) is 0 Å². The molecule has 0 radical (unpaired) electrons. The molecule has 1 aromatic heterocycles. The number of thioether (sulfide) groups is 1. The Balaban J connectivity index is 1.71. The molecule has 8 heteroatoms. The summed E-state index contributed by atoms with van der Waals surface area (Å²) in [6, 6.07) is 15.3. The maximum Gasteiger partial charge on any atom is 0.237 e. The number of hydrogen-bond donors (Lipinski definition) is 1. The van der Waals surface area contributed by atoms with Gasteiger partial charge in [0.2, 0.25) is 11.1 Å². The van der Waals surface area contributed by atoms with Crippen molar-refractivity contribution in [1.29, 1.82) is 0 Å². The highest BCUT2D eigenvalue weighted by Gasteiger charge is 2.20. The van der Waals surface area contributed by atoms with E-state index in [0.717, 1.165) is 12.1 Å². The van der Waals surface area contributed by atoms with Gasteiger partial charge in [-0.05, 0) is 53.6 Å². The second kappa shape index (κ2) is 8.68. The third-order valence-electron chi connectivity index (χ3n) is 4.05. The summed E-state index contributed by atoms with van der Waals surface area (Å²) in [7, 11) is 1.57. The lowest BCUT2D eigenvalue weighted by molar-refractivity contribution is -0.115. The Morgan fingerprint density at radius 1 is 1.22 bits per heavy atom. The van der Waals surface area contributed by atoms with Crippen molar-refractivity contribution in [2.75, 3.05) is 12.4 Å². The summed E-state index contributed by atoms with van der Waals surface area (Å²) in [6.07, 6.45) is 0.970. The zero-order chi connectivity index (χ0) is 19.2. The molecule has 0 fully saturated rings. The third-order valence-corrected chi connectivity index (χ3v) is 5.08. The Morgan fingerprint density at radius 2 is 1.96 bits per heavy atom. The van der Waals surface area contributed by atoms with E-state index in [4.69, 9.17) is 4.74 Å². The molecule has 1 atom stereocenters. The summed E-state index contributed by atoms with van der Waals surface area (Å²) >= 11 is 1.30. The van der Waals surface area contributed by atoms with Crippen LogP contribution in [0.1, 0.15) is 19.4 Å². The van der Waals surface area contributed by atoms with Gasteiger partial charge in [-0.15, -0.1) is 5.10 Å². The first-order valence-electron chi connectivity index (χ1n) is 8.60. The minimum atomic E-state index is -0.394. The number of carbonyl (C=O) groups excluding carboxylic acids is 1. The Morgan fingerprint density at radius 3 is 2.67 bits per heavy atom. The molecule has 0 spiro atoms. The van der Waals surface area contributed by atoms with E-state index in [2.05, 4.69) is 27.8 Å². The van der Waals surface area contributed by atoms with Crippen LogP contribution in [0.5, 0.6) is 5.75 Å². The maximum absolute atomic E-state index is 12.6. The van der Waals surface area contributed by atoms with Crippen LogP contribution in [-0.2, 0) is 11.2 Å². The first-order chi connectivity index (χ1) is 13.1. The number of rotatable bonds is 7. The van der Waals surface area contributed by atoms with Crippen molar-refractivity contribution in [1.82, 2.24) is 20.2 Å². The summed E-state index contributed by atoms with van der Waals surface area (Å²) in [5.74, 6) is 0.462. The van der Waals surface area contributed by atoms with Crippen LogP contribution in [0.2, 0.25) is 0 Å². The molecule has 1 N–H and O–H groups in total. The number of methoxy groups -OCH3 is 1. The van der Waals surface area contributed by atoms with Gasteiger partial charge in [0.1, 0.15) is 5.75 Å². The molecule has 3 aromatic rings. The van der Waals surface area contributed by atoms with Gasteiger partial charge in [0.15, 0.2) is 0 Å². The molecule has 0 saturated heterocycles. The molecular weight excluding hydrogens is 362 g/mol. The minimum Gasteiger partial charge on any atom is -0.495 e. The first kappa shape index (κ1) is 18.9. The molecule has 0 aliphatic carbocycles. The predicted octanol–water partition coefficient (Wildman–Crippen LogP) is 3.35. The van der Waals surface area contributed by atoms with Crippen LogP contribution < -0.4 is 10.1 Å². The van der Waals surface area contributed by atoms with E-state index < -0.39 is 5.25 Å². The topological polar surface area (TPSA) is 81.9 Å². The Bertz CT molecular complexity index is 910. The highest BCUT2D eigenvalue weighted by molar-refractivity contribution is 8.00. The molecule has 1 heterocycles. The summed E-state index contributed by atoms with van der Waals surface area (Å²) in [5.41, 5.74) is 2.73. The third kappa shape index (κ3) is 4.46. The molecule has 0 bridgehead atoms. The summed E-state index contributed by atoms with van der Waals surface area (Å²) in [6.45, 7) is 3.92. The lowest BCUT2D eigenvalue weighted by atomic mass is 10.1. The van der Waals surface area contributed by atoms with E-state index in [1.54, 1.807) is 23.9 Å². The maximum atomic E-state index is 12.6. The lowest BCUT2D eigenvalue weighted by Crippen LogP contribution is -2.23. The van der Waals surface area contributed by atoms with E-state index in [1.165, 1.54) is 17.3 Å². The molecule has 0 aliphatic rings. The zero-order valence-electron chi connectivity index (χ0n) is 15.4. The van der Waals surface area contributed by atoms with Gasteiger partial charge < -0.3 is 10.1 Å². The zero-order valence-corrected chi connectivity index (χ0v) is 16.2. The van der Waals surface area contributed by atoms with Crippen molar-refractivity contribution in [2.24, 2.45) is 0 Å². The van der Waals surface area contributed by atoms with Gasteiger partial charge in [-0.25, -0.2) is 0 Å². The molecule has 0 saturated carbocycles. The highest BCUT2D eigenvalue weighted by atomic mass is 32.2. The Kier molecular flexibility index (Phi) is 6.08. The van der Waals surface area contributed by atoms with E-state index in [0.29, 0.717) is 16.6 Å². The highest BCUT2D eigenvalue weighted by Crippen LogP contribution is 2.27. The summed E-state index contributed by atoms with van der Waals surface area (Å²) in [5, 5.41) is 14.9. The number of benzene rings is 2. The van der Waals surface area contributed by atoms with Gasteiger partial charge in [0, 0.05) is 0 Å². The normalized spacial score (nSPS) is 11.8. The van der Waals surface area contributed by atoms with Crippen LogP contribution in [0.4, 0.5) is 5.69 Å². The van der Waals surface area contributed by atoms with Crippen LogP contribution in [0, 0.1) is 0 Å². The number of anilines is 1. The quantitative estimate of drug-likeness (QED) is 0.630. The largest absolute Gasteiger partial charge is 0.495 e. The smallest absolute Gasteiger partial charge is 0.237 e. The average molecular weight is 383 g/mol. The van der Waals surface area contributed by atoms with Crippen molar-refractivity contribution < 1.29 is 9.53 Å². The fourth-order valence-electron chi connectivity index (χ4n) is 2.48. The molecule has 27 heavy (non-hydrogen) atoms. The SMILES string of the molecule is CCc1ccc(-n2nnnc2SC(C)C(=O)Nc2ccccc2OC)cc1. The molecule has 7 nitrogen and oxygen atoms in total. The van der Waals surface area contributed by atoms with Crippen LogP contribution in [0.25, 0.3) is 5.69 Å². The summed E-state index contributed by atoms with van der Waals surface area (Å²) in [4.78, 5) is 12.6. The Labute approximate surface area is 162 Å². The number of hydrogen-bond acceptors (Lipinski definition) is 6. The van der Waals surface area contributed by atoms with E-state index in [-0.39, 0.29) is 5.91 Å². The van der Waals surface area contributed by atoms with E-state index in [1.807, 2.05) is 43.3 Å². The van der Waals surface area contributed by atoms with E-state index >= 15 is 0 Å². The molecule has 1 amide bonds. The fraction of sp³-hybridized carbons (Fsp3) is 0.263. The number of para-hydroxylation sites is 2. The van der Waals surface area contributed by atoms with Crippen LogP contribution in [0.15, 0.2) is 53.7 Å². The van der Waals surface area contributed by atoms with Gasteiger partial charge in [0.05, 0.1) is 23.7 Å². The van der Waals surface area contributed by atoms with Gasteiger partial charge in [-0.2, -0.15) is 4.68 Å². The predicted molar refractivity (Wildman–Crippen MR) is 105 cm³/mol. The second-order valence-electron chi connectivity index (χ2n) is 5.84. The summed E-state index contributed by atoms with van der Waals surface area (Å²) < 4.78 is 6.91. The average Bonchev–Trinajstić information content (AvgIpc) is 3.16. The van der Waals surface area contributed by atoms with E-state index in [9.17, 15) is 4.79 Å². The fourth-order valence-corrected chi connectivity index (χ4v) is 3.29. The number of aromatic nitrogens is 4. The van der Waals surface area contributed by atoms with Crippen molar-refractivity contribution >= 4 is 23.4 Å². The van der Waals surface area contributed by atoms with Crippen LogP contribution in [-0.4, -0.2) is 38.5 Å². The number of amides is 1. The molecule has 0 aliphatic heterocycles. The standard InChI is InChI=1S/C19H21N5O2S/c1-4-14-9-11-15(12-10-14)24-19(21-22-23-24)27-13(2)18(25)20-16-7-5-6-8-17(16)26-3/h5-13H,4H2,1-3H3,(H,20,25).